The summed E-state index contributed by atoms with van der Waals surface area (Å²) < 4.78 is 11.6. The summed E-state index contributed by atoms with van der Waals surface area (Å²) in [7, 11) is 0. The lowest BCUT2D eigenvalue weighted by Gasteiger charge is -2.20. The lowest BCUT2D eigenvalue weighted by atomic mass is 10.0. The van der Waals surface area contributed by atoms with E-state index in [1.165, 1.54) is 0 Å². The number of carbonyl (C=O) groups is 1. The van der Waals surface area contributed by atoms with E-state index in [-0.39, 0.29) is 5.91 Å². The molecule has 0 radical (unpaired) electrons. The Bertz CT molecular complexity index is 717. The fourth-order valence-corrected chi connectivity index (χ4v) is 2.59. The quantitative estimate of drug-likeness (QED) is 0.773. The molecule has 0 fully saturated rings. The van der Waals surface area contributed by atoms with E-state index in [4.69, 9.17) is 15.9 Å². The van der Waals surface area contributed by atoms with Crippen molar-refractivity contribution in [2.24, 2.45) is 10.2 Å². The Kier molecular flexibility index (Phi) is 4.18. The van der Waals surface area contributed by atoms with Crippen molar-refractivity contribution in [2.45, 2.75) is 57.4 Å². The maximum Gasteiger partial charge on any atom is 0.248 e. The first-order valence-corrected chi connectivity index (χ1v) is 8.17. The molecule has 2 aliphatic heterocycles. The van der Waals surface area contributed by atoms with Gasteiger partial charge in [-0.15, -0.1) is 12.3 Å². The van der Waals surface area contributed by atoms with Crippen LogP contribution in [-0.4, -0.2) is 17.4 Å². The number of nitrogens with one attached hydrogen (secondary N) is 1. The Hall–Kier alpha value is -2.55. The number of nitrogens with zero attached hydrogens (tertiary/aromatic N) is 2. The second kappa shape index (κ2) is 6.16. The van der Waals surface area contributed by atoms with Crippen LogP contribution in [0, 0.1) is 12.3 Å². The molecule has 0 bridgehead atoms. The van der Waals surface area contributed by atoms with E-state index < -0.39 is 11.4 Å². The summed E-state index contributed by atoms with van der Waals surface area (Å²) in [6.45, 7) is 3.89. The minimum absolute atomic E-state index is 0.0792. The molecular formula is C18H21N3O3. The number of anilines is 1. The normalized spacial score (nSPS) is 22.0. The number of fused-ring (bicyclic) bond motifs is 1. The van der Waals surface area contributed by atoms with Crippen molar-refractivity contribution >= 4 is 11.6 Å². The van der Waals surface area contributed by atoms with Crippen molar-refractivity contribution in [1.82, 2.24) is 0 Å². The van der Waals surface area contributed by atoms with E-state index in [1.54, 1.807) is 6.07 Å². The molecule has 0 aliphatic carbocycles. The molecule has 6 heteroatoms. The molecule has 1 unspecified atom stereocenters. The third-order valence-corrected chi connectivity index (χ3v) is 4.33. The number of rotatable bonds is 7. The van der Waals surface area contributed by atoms with Crippen molar-refractivity contribution in [3.63, 3.8) is 0 Å². The van der Waals surface area contributed by atoms with Crippen molar-refractivity contribution in [3.8, 4) is 23.8 Å². The highest BCUT2D eigenvalue weighted by molar-refractivity contribution is 5.91. The van der Waals surface area contributed by atoms with Gasteiger partial charge >= 0.3 is 0 Å². The van der Waals surface area contributed by atoms with E-state index in [2.05, 4.69) is 21.5 Å². The molecule has 0 spiro atoms. The highest BCUT2D eigenvalue weighted by Gasteiger charge is 2.39. The Balaban J connectivity index is 1.53. The van der Waals surface area contributed by atoms with Gasteiger partial charge in [0.2, 0.25) is 11.7 Å². The summed E-state index contributed by atoms with van der Waals surface area (Å²) in [6, 6.07) is 5.40. The monoisotopic (exact) mass is 327 g/mol. The number of hydrogen-bond acceptors (Lipinski definition) is 5. The van der Waals surface area contributed by atoms with Gasteiger partial charge in [0.1, 0.15) is 0 Å². The van der Waals surface area contributed by atoms with Gasteiger partial charge in [-0.2, -0.15) is 10.2 Å². The fourth-order valence-electron chi connectivity index (χ4n) is 2.59. The summed E-state index contributed by atoms with van der Waals surface area (Å²) in [4.78, 5) is 12.1. The molecule has 0 aromatic heterocycles. The molecule has 1 N–H and O–H groups in total. The van der Waals surface area contributed by atoms with E-state index >= 15 is 0 Å². The molecule has 2 heterocycles. The van der Waals surface area contributed by atoms with Gasteiger partial charge in [-0.25, -0.2) is 0 Å². The predicted molar refractivity (Wildman–Crippen MR) is 89.9 cm³/mol. The van der Waals surface area contributed by atoms with Crippen LogP contribution in [0.25, 0.3) is 0 Å². The third kappa shape index (κ3) is 3.51. The molecule has 1 amide bonds. The minimum atomic E-state index is -0.636. The first-order chi connectivity index (χ1) is 11.5. The van der Waals surface area contributed by atoms with Crippen LogP contribution in [0.4, 0.5) is 5.69 Å². The van der Waals surface area contributed by atoms with Crippen LogP contribution < -0.4 is 14.8 Å². The molecule has 0 saturated carbocycles. The van der Waals surface area contributed by atoms with Crippen LogP contribution in [0.5, 0.6) is 11.5 Å². The van der Waals surface area contributed by atoms with E-state index in [0.717, 1.165) is 6.42 Å². The summed E-state index contributed by atoms with van der Waals surface area (Å²) in [5.74, 6) is 3.21. The Morgan fingerprint density at radius 3 is 2.71 bits per heavy atom. The van der Waals surface area contributed by atoms with Gasteiger partial charge < -0.3 is 14.8 Å². The SMILES string of the molecule is C#CCCC1(CCC(=O)Nc2ccc3c(c2)OC(C)(CC)O3)N=N1. The van der Waals surface area contributed by atoms with Gasteiger partial charge in [0, 0.05) is 50.8 Å². The van der Waals surface area contributed by atoms with Gasteiger partial charge in [-0.3, -0.25) is 4.79 Å². The standard InChI is InChI=1S/C18H21N3O3/c1-4-6-10-18(20-21-18)11-9-16(22)19-13-7-8-14-15(12-13)24-17(3,5-2)23-14/h1,7-8,12H,5-6,9-11H2,2-3H3,(H,19,22). The molecule has 0 saturated heterocycles. The minimum Gasteiger partial charge on any atom is -0.449 e. The molecule has 1 aromatic carbocycles. The zero-order chi connectivity index (χ0) is 17.2. The topological polar surface area (TPSA) is 72.3 Å². The van der Waals surface area contributed by atoms with Gasteiger partial charge in [0.05, 0.1) is 0 Å². The number of ether oxygens (including phenoxy) is 2. The summed E-state index contributed by atoms with van der Waals surface area (Å²) >= 11 is 0. The second-order valence-electron chi connectivity index (χ2n) is 6.29. The van der Waals surface area contributed by atoms with Crippen LogP contribution in [0.1, 0.15) is 46.0 Å². The summed E-state index contributed by atoms with van der Waals surface area (Å²) in [5, 5.41) is 10.9. The third-order valence-electron chi connectivity index (χ3n) is 4.33. The highest BCUT2D eigenvalue weighted by Crippen LogP contribution is 2.42. The Morgan fingerprint density at radius 1 is 1.29 bits per heavy atom. The van der Waals surface area contributed by atoms with Crippen molar-refractivity contribution in [2.75, 3.05) is 5.32 Å². The number of carbonyl (C=O) groups excluding carboxylic acids is 1. The van der Waals surface area contributed by atoms with E-state index in [1.807, 2.05) is 26.0 Å². The average Bonchev–Trinajstić information content (AvgIpc) is 3.26. The number of terminal acetylenes is 1. The van der Waals surface area contributed by atoms with Crippen LogP contribution in [-0.2, 0) is 4.79 Å². The average molecular weight is 327 g/mol. The molecule has 1 aromatic rings. The molecule has 126 valence electrons. The zero-order valence-corrected chi connectivity index (χ0v) is 14.0. The largest absolute Gasteiger partial charge is 0.449 e. The summed E-state index contributed by atoms with van der Waals surface area (Å²) in [6.07, 6.45) is 8.24. The van der Waals surface area contributed by atoms with E-state index in [9.17, 15) is 4.79 Å². The lowest BCUT2D eigenvalue weighted by molar-refractivity contribution is -0.116. The van der Waals surface area contributed by atoms with Crippen LogP contribution in [0.15, 0.2) is 28.4 Å². The lowest BCUT2D eigenvalue weighted by Crippen LogP contribution is -2.33. The van der Waals surface area contributed by atoms with Crippen LogP contribution >= 0.6 is 0 Å². The van der Waals surface area contributed by atoms with E-state index in [0.29, 0.717) is 42.9 Å². The Labute approximate surface area is 141 Å². The summed E-state index contributed by atoms with van der Waals surface area (Å²) in [5.41, 5.74) is 0.256. The van der Waals surface area contributed by atoms with Gasteiger partial charge in [-0.1, -0.05) is 6.92 Å². The number of hydrogen-bond donors (Lipinski definition) is 1. The maximum absolute atomic E-state index is 12.1. The number of benzene rings is 1. The fraction of sp³-hybridized carbons (Fsp3) is 0.500. The molecule has 2 aliphatic rings. The van der Waals surface area contributed by atoms with Gasteiger partial charge in [-0.05, 0) is 12.1 Å². The molecule has 3 rings (SSSR count). The van der Waals surface area contributed by atoms with Crippen molar-refractivity contribution in [1.29, 1.82) is 0 Å². The first-order valence-electron chi connectivity index (χ1n) is 8.17. The molecular weight excluding hydrogens is 306 g/mol. The highest BCUT2D eigenvalue weighted by atomic mass is 16.7. The smallest absolute Gasteiger partial charge is 0.248 e. The maximum atomic E-state index is 12.1. The van der Waals surface area contributed by atoms with Crippen LogP contribution in [0.3, 0.4) is 0 Å². The first kappa shape index (κ1) is 16.3. The Morgan fingerprint density at radius 2 is 2.04 bits per heavy atom. The molecule has 24 heavy (non-hydrogen) atoms. The second-order valence-corrected chi connectivity index (χ2v) is 6.29. The molecule has 1 atom stereocenters. The number of amides is 1. The predicted octanol–water partition coefficient (Wildman–Crippen LogP) is 3.88. The van der Waals surface area contributed by atoms with Gasteiger partial charge in [0.25, 0.3) is 0 Å². The molecule has 6 nitrogen and oxygen atoms in total. The van der Waals surface area contributed by atoms with Gasteiger partial charge in [0.15, 0.2) is 17.2 Å². The van der Waals surface area contributed by atoms with Crippen molar-refractivity contribution in [3.05, 3.63) is 18.2 Å². The van der Waals surface area contributed by atoms with Crippen molar-refractivity contribution < 1.29 is 14.3 Å². The zero-order valence-electron chi connectivity index (χ0n) is 14.0. The van der Waals surface area contributed by atoms with Crippen LogP contribution in [0.2, 0.25) is 0 Å².